The summed E-state index contributed by atoms with van der Waals surface area (Å²) >= 11 is 0. The van der Waals surface area contributed by atoms with E-state index in [-0.39, 0.29) is 0 Å². The lowest BCUT2D eigenvalue weighted by Crippen LogP contribution is -1.94. The highest BCUT2D eigenvalue weighted by Crippen LogP contribution is 2.15. The maximum Gasteiger partial charge on any atom is 0.0897 e. The molecule has 0 amide bonds. The van der Waals surface area contributed by atoms with E-state index in [0.717, 1.165) is 28.8 Å². The fourth-order valence-electron chi connectivity index (χ4n) is 1.74. The van der Waals surface area contributed by atoms with Crippen LogP contribution in [0.15, 0.2) is 24.3 Å². The van der Waals surface area contributed by atoms with Crippen LogP contribution in [0.25, 0.3) is 17.1 Å². The van der Waals surface area contributed by atoms with Crippen LogP contribution in [0.1, 0.15) is 30.8 Å². The molecule has 0 unspecified atom stereocenters. The van der Waals surface area contributed by atoms with Crippen molar-refractivity contribution < 1.29 is 0 Å². The van der Waals surface area contributed by atoms with Crippen LogP contribution in [0.4, 0.5) is 0 Å². The molecule has 0 aliphatic rings. The summed E-state index contributed by atoms with van der Waals surface area (Å²) in [6.45, 7) is 6.14. The third kappa shape index (κ3) is 1.96. The molecule has 0 radical (unpaired) electrons. The van der Waals surface area contributed by atoms with E-state index >= 15 is 0 Å². The van der Waals surface area contributed by atoms with E-state index in [1.54, 1.807) is 0 Å². The Morgan fingerprint density at radius 3 is 2.69 bits per heavy atom. The number of rotatable bonds is 2. The molecule has 0 bridgehead atoms. The van der Waals surface area contributed by atoms with Gasteiger partial charge in [-0.25, -0.2) is 9.97 Å². The van der Waals surface area contributed by atoms with E-state index in [9.17, 15) is 0 Å². The molecule has 0 aliphatic carbocycles. The van der Waals surface area contributed by atoms with Crippen molar-refractivity contribution in [3.8, 4) is 0 Å². The number of hydrogen-bond donors (Lipinski definition) is 0. The zero-order chi connectivity index (χ0) is 11.5. The minimum absolute atomic E-state index is 0.961. The highest BCUT2D eigenvalue weighted by Gasteiger charge is 2.02. The number of allylic oxidation sites excluding steroid dienone is 1. The van der Waals surface area contributed by atoms with Crippen molar-refractivity contribution >= 4 is 17.1 Å². The summed E-state index contributed by atoms with van der Waals surface area (Å²) in [6.07, 6.45) is 5.03. The molecule has 0 saturated heterocycles. The summed E-state index contributed by atoms with van der Waals surface area (Å²) in [5.74, 6) is 0. The van der Waals surface area contributed by atoms with Crippen molar-refractivity contribution in [1.29, 1.82) is 0 Å². The number of aryl methyl sites for hydroxylation is 2. The van der Waals surface area contributed by atoms with Gasteiger partial charge in [-0.3, -0.25) is 0 Å². The zero-order valence-electron chi connectivity index (χ0n) is 9.99. The van der Waals surface area contributed by atoms with Gasteiger partial charge in [0.05, 0.1) is 22.4 Å². The molecule has 0 saturated carbocycles. The Bertz CT molecular complexity index is 542. The van der Waals surface area contributed by atoms with Crippen LogP contribution in [0.3, 0.4) is 0 Å². The molecule has 2 rings (SSSR count). The number of aromatic nitrogens is 2. The first-order valence-electron chi connectivity index (χ1n) is 5.64. The second-order valence-electron chi connectivity index (χ2n) is 3.87. The summed E-state index contributed by atoms with van der Waals surface area (Å²) < 4.78 is 0. The average Bonchev–Trinajstić information content (AvgIpc) is 2.30. The second kappa shape index (κ2) is 4.44. The number of hydrogen-bond acceptors (Lipinski definition) is 2. The van der Waals surface area contributed by atoms with Gasteiger partial charge >= 0.3 is 0 Å². The number of fused-ring (bicyclic) bond motifs is 1. The first-order chi connectivity index (χ1) is 7.74. The van der Waals surface area contributed by atoms with Crippen molar-refractivity contribution in [3.05, 3.63) is 41.2 Å². The van der Waals surface area contributed by atoms with Crippen LogP contribution < -0.4 is 0 Å². The van der Waals surface area contributed by atoms with Gasteiger partial charge in [0.1, 0.15) is 0 Å². The van der Waals surface area contributed by atoms with E-state index < -0.39 is 0 Å². The van der Waals surface area contributed by atoms with Gasteiger partial charge in [0.15, 0.2) is 0 Å². The molecule has 82 valence electrons. The summed E-state index contributed by atoms with van der Waals surface area (Å²) in [7, 11) is 0. The monoisotopic (exact) mass is 212 g/mol. The predicted molar refractivity (Wildman–Crippen MR) is 68.4 cm³/mol. The molecule has 2 aromatic rings. The highest BCUT2D eigenvalue weighted by atomic mass is 14.8. The van der Waals surface area contributed by atoms with Crippen LogP contribution >= 0.6 is 0 Å². The predicted octanol–water partition coefficient (Wildman–Crippen LogP) is 3.53. The zero-order valence-corrected chi connectivity index (χ0v) is 9.99. The Hall–Kier alpha value is -1.70. The molecule has 1 aromatic carbocycles. The highest BCUT2D eigenvalue weighted by molar-refractivity contribution is 5.76. The van der Waals surface area contributed by atoms with Crippen LogP contribution in [-0.4, -0.2) is 9.97 Å². The van der Waals surface area contributed by atoms with Gasteiger partial charge in [-0.05, 0) is 44.0 Å². The first kappa shape index (κ1) is 10.8. The van der Waals surface area contributed by atoms with Gasteiger partial charge < -0.3 is 0 Å². The molecule has 2 heteroatoms. The normalized spacial score (nSPS) is 11.4. The van der Waals surface area contributed by atoms with Crippen LogP contribution in [-0.2, 0) is 6.42 Å². The number of nitrogens with zero attached hydrogens (tertiary/aromatic N) is 2. The lowest BCUT2D eigenvalue weighted by Gasteiger charge is -2.04. The van der Waals surface area contributed by atoms with Gasteiger partial charge in [0.25, 0.3) is 0 Å². The molecule has 0 N–H and O–H groups in total. The molecule has 16 heavy (non-hydrogen) atoms. The fourth-order valence-corrected chi connectivity index (χ4v) is 1.74. The van der Waals surface area contributed by atoms with E-state index in [1.165, 1.54) is 5.56 Å². The molecule has 1 aromatic heterocycles. The van der Waals surface area contributed by atoms with Crippen molar-refractivity contribution in [1.82, 2.24) is 9.97 Å². The molecule has 0 fully saturated rings. The van der Waals surface area contributed by atoms with Gasteiger partial charge in [0.2, 0.25) is 0 Å². The third-order valence-electron chi connectivity index (χ3n) is 2.67. The lowest BCUT2D eigenvalue weighted by molar-refractivity contribution is 1.12. The van der Waals surface area contributed by atoms with E-state index in [2.05, 4.69) is 29.0 Å². The Balaban J connectivity index is 2.65. The number of benzene rings is 1. The molecule has 0 aliphatic heterocycles. The Kier molecular flexibility index (Phi) is 3.00. The molecular weight excluding hydrogens is 196 g/mol. The smallest absolute Gasteiger partial charge is 0.0897 e. The van der Waals surface area contributed by atoms with Crippen LogP contribution in [0.2, 0.25) is 0 Å². The summed E-state index contributed by atoms with van der Waals surface area (Å²) in [4.78, 5) is 9.18. The van der Waals surface area contributed by atoms with Crippen molar-refractivity contribution in [3.63, 3.8) is 0 Å². The second-order valence-corrected chi connectivity index (χ2v) is 3.87. The molecule has 0 atom stereocenters. The van der Waals surface area contributed by atoms with Crippen molar-refractivity contribution in [2.75, 3.05) is 0 Å². The van der Waals surface area contributed by atoms with Crippen LogP contribution in [0.5, 0.6) is 0 Å². The average molecular weight is 212 g/mol. The van der Waals surface area contributed by atoms with Gasteiger partial charge in [-0.2, -0.15) is 0 Å². The first-order valence-corrected chi connectivity index (χ1v) is 5.64. The standard InChI is InChI=1S/C14H16N2/c1-4-6-12-10(3)15-13-8-7-11(5-2)9-14(13)16-12/h4,6-9H,5H2,1-3H3/b6-4+. The summed E-state index contributed by atoms with van der Waals surface area (Å²) in [5.41, 5.74) is 5.20. The third-order valence-corrected chi connectivity index (χ3v) is 2.67. The Labute approximate surface area is 96.1 Å². The minimum Gasteiger partial charge on any atom is -0.249 e. The van der Waals surface area contributed by atoms with E-state index in [0.29, 0.717) is 0 Å². The van der Waals surface area contributed by atoms with Gasteiger partial charge in [-0.1, -0.05) is 19.1 Å². The minimum atomic E-state index is 0.961. The Morgan fingerprint density at radius 1 is 1.19 bits per heavy atom. The maximum atomic E-state index is 4.62. The molecule has 1 heterocycles. The van der Waals surface area contributed by atoms with Crippen molar-refractivity contribution in [2.24, 2.45) is 0 Å². The van der Waals surface area contributed by atoms with Gasteiger partial charge in [-0.15, -0.1) is 0 Å². The van der Waals surface area contributed by atoms with Crippen molar-refractivity contribution in [2.45, 2.75) is 27.2 Å². The summed E-state index contributed by atoms with van der Waals surface area (Å²) in [6, 6.07) is 6.29. The van der Waals surface area contributed by atoms with E-state index in [1.807, 2.05) is 32.1 Å². The van der Waals surface area contributed by atoms with Gasteiger partial charge in [0, 0.05) is 0 Å². The fraction of sp³-hybridized carbons (Fsp3) is 0.286. The topological polar surface area (TPSA) is 25.8 Å². The van der Waals surface area contributed by atoms with Crippen LogP contribution in [0, 0.1) is 6.92 Å². The Morgan fingerprint density at radius 2 is 2.00 bits per heavy atom. The quantitative estimate of drug-likeness (QED) is 0.761. The molecular formula is C14H16N2. The maximum absolute atomic E-state index is 4.62. The molecule has 0 spiro atoms. The largest absolute Gasteiger partial charge is 0.249 e. The molecule has 2 nitrogen and oxygen atoms in total. The lowest BCUT2D eigenvalue weighted by atomic mass is 10.1. The summed E-state index contributed by atoms with van der Waals surface area (Å²) in [5, 5.41) is 0. The SMILES string of the molecule is C/C=C/c1nc2cc(CC)ccc2nc1C. The van der Waals surface area contributed by atoms with E-state index in [4.69, 9.17) is 0 Å².